The van der Waals surface area contributed by atoms with E-state index in [0.717, 1.165) is 7.11 Å². The Morgan fingerprint density at radius 2 is 1.45 bits per heavy atom. The van der Waals surface area contributed by atoms with Crippen LogP contribution in [-0.4, -0.2) is 53.2 Å². The van der Waals surface area contributed by atoms with Crippen molar-refractivity contribution >= 4 is 35.1 Å². The number of esters is 1. The molecule has 0 bridgehead atoms. The zero-order valence-corrected chi connectivity index (χ0v) is 15.3. The van der Waals surface area contributed by atoms with Crippen molar-refractivity contribution < 1.29 is 34.1 Å². The van der Waals surface area contributed by atoms with Gasteiger partial charge < -0.3 is 31.3 Å². The highest BCUT2D eigenvalue weighted by Gasteiger charge is 2.34. The molecule has 0 saturated heterocycles. The van der Waals surface area contributed by atoms with Gasteiger partial charge >= 0.3 is 11.9 Å². The molecule has 2 amide bonds. The zero-order valence-electron chi connectivity index (χ0n) is 15.3. The van der Waals surface area contributed by atoms with Gasteiger partial charge in [-0.3, -0.25) is 9.59 Å². The summed E-state index contributed by atoms with van der Waals surface area (Å²) in [6.45, 7) is 0. The lowest BCUT2D eigenvalue weighted by Gasteiger charge is -2.19. The minimum Gasteiger partial charge on any atom is -0.479 e. The molecule has 0 spiro atoms. The molecule has 152 valence electrons. The number of aliphatic hydroxyl groups excluding tert-OH is 1. The zero-order chi connectivity index (χ0) is 21.6. The minimum atomic E-state index is -2.18. The molecule has 0 aliphatic heterocycles. The number of carboxylic acids is 1. The molecule has 0 aromatic heterocycles. The maximum Gasteiger partial charge on any atom is 0.335 e. The Balaban J connectivity index is 2.07. The molecule has 0 heterocycles. The van der Waals surface area contributed by atoms with Crippen molar-refractivity contribution in [2.45, 2.75) is 12.1 Å². The van der Waals surface area contributed by atoms with Gasteiger partial charge in [-0.1, -0.05) is 0 Å². The van der Waals surface area contributed by atoms with Crippen molar-refractivity contribution in [1.29, 1.82) is 0 Å². The van der Waals surface area contributed by atoms with Crippen molar-refractivity contribution in [1.82, 2.24) is 5.32 Å². The van der Waals surface area contributed by atoms with Gasteiger partial charge in [0.1, 0.15) is 0 Å². The van der Waals surface area contributed by atoms with Crippen LogP contribution >= 0.6 is 0 Å². The Hall–Kier alpha value is -3.92. The quantitative estimate of drug-likeness (QED) is 0.325. The van der Waals surface area contributed by atoms with Crippen LogP contribution in [0.15, 0.2) is 48.5 Å². The Bertz CT molecular complexity index is 910. The summed E-state index contributed by atoms with van der Waals surface area (Å²) in [5, 5.41) is 23.2. The van der Waals surface area contributed by atoms with Crippen molar-refractivity contribution in [3.63, 3.8) is 0 Å². The fourth-order valence-electron chi connectivity index (χ4n) is 2.30. The van der Waals surface area contributed by atoms with Crippen LogP contribution in [0.25, 0.3) is 0 Å². The summed E-state index contributed by atoms with van der Waals surface area (Å²) in [6, 6.07) is 10.1. The number of benzene rings is 2. The largest absolute Gasteiger partial charge is 0.479 e. The number of ether oxygens (including phenoxy) is 1. The van der Waals surface area contributed by atoms with Crippen LogP contribution in [0.1, 0.15) is 20.7 Å². The molecule has 6 N–H and O–H groups in total. The predicted octanol–water partition coefficient (Wildman–Crippen LogP) is 0.238. The number of aliphatic carboxylic acids is 1. The van der Waals surface area contributed by atoms with Crippen LogP contribution in [0.4, 0.5) is 11.4 Å². The summed E-state index contributed by atoms with van der Waals surface area (Å²) >= 11 is 0. The van der Waals surface area contributed by atoms with Crippen LogP contribution in [0.3, 0.4) is 0 Å². The van der Waals surface area contributed by atoms with Gasteiger partial charge in [0, 0.05) is 22.5 Å². The van der Waals surface area contributed by atoms with Gasteiger partial charge in [0.15, 0.2) is 12.1 Å². The molecule has 0 aliphatic carbocycles. The van der Waals surface area contributed by atoms with E-state index in [-0.39, 0.29) is 11.5 Å². The second-order valence-electron chi connectivity index (χ2n) is 5.91. The number of anilines is 2. The first kappa shape index (κ1) is 21.4. The van der Waals surface area contributed by atoms with Crippen LogP contribution in [0.2, 0.25) is 0 Å². The van der Waals surface area contributed by atoms with Crippen LogP contribution in [0.5, 0.6) is 0 Å². The van der Waals surface area contributed by atoms with Gasteiger partial charge in [0.05, 0.1) is 7.11 Å². The minimum absolute atomic E-state index is 0.0713. The third-order valence-electron chi connectivity index (χ3n) is 3.89. The number of carbonyl (C=O) groups excluding carboxylic acids is 3. The normalized spacial score (nSPS) is 12.3. The SMILES string of the molecule is COC(=O)C(NC(=O)c1ccc(NC(=O)c2ccc(N)cc2)cc1)C(O)C(=O)O. The van der Waals surface area contributed by atoms with Crippen molar-refractivity contribution in [3.8, 4) is 0 Å². The average molecular weight is 401 g/mol. The van der Waals surface area contributed by atoms with Gasteiger partial charge in [-0.25, -0.2) is 9.59 Å². The lowest BCUT2D eigenvalue weighted by atomic mass is 10.1. The number of nitrogens with two attached hydrogens (primary N) is 1. The molecule has 2 rings (SSSR count). The smallest absolute Gasteiger partial charge is 0.335 e. The Morgan fingerprint density at radius 3 is 1.97 bits per heavy atom. The molecule has 0 saturated carbocycles. The summed E-state index contributed by atoms with van der Waals surface area (Å²) in [7, 11) is 0.995. The van der Waals surface area contributed by atoms with Crippen molar-refractivity contribution in [2.24, 2.45) is 0 Å². The molecule has 2 unspecified atom stereocenters. The van der Waals surface area contributed by atoms with E-state index in [1.54, 1.807) is 24.3 Å². The lowest BCUT2D eigenvalue weighted by Crippen LogP contribution is -2.52. The van der Waals surface area contributed by atoms with Gasteiger partial charge in [0.2, 0.25) is 0 Å². The molecule has 2 atom stereocenters. The summed E-state index contributed by atoms with van der Waals surface area (Å²) < 4.78 is 4.40. The van der Waals surface area contributed by atoms with E-state index in [4.69, 9.17) is 10.8 Å². The number of nitrogen functional groups attached to an aromatic ring is 1. The summed E-state index contributed by atoms with van der Waals surface area (Å²) in [4.78, 5) is 47.0. The second-order valence-corrected chi connectivity index (χ2v) is 5.91. The van der Waals surface area contributed by atoms with E-state index < -0.39 is 30.0 Å². The number of hydrogen-bond acceptors (Lipinski definition) is 7. The number of nitrogens with one attached hydrogen (secondary N) is 2. The first-order valence-electron chi connectivity index (χ1n) is 8.29. The van der Waals surface area contributed by atoms with Crippen LogP contribution in [-0.2, 0) is 14.3 Å². The van der Waals surface area contributed by atoms with E-state index in [1.165, 1.54) is 24.3 Å². The lowest BCUT2D eigenvalue weighted by molar-refractivity contribution is -0.157. The van der Waals surface area contributed by atoms with Crippen molar-refractivity contribution in [3.05, 3.63) is 59.7 Å². The fraction of sp³-hybridized carbons (Fsp3) is 0.158. The molecule has 0 radical (unpaired) electrons. The molecule has 10 nitrogen and oxygen atoms in total. The number of carboxylic acid groups (broad SMARTS) is 1. The predicted molar refractivity (Wildman–Crippen MR) is 102 cm³/mol. The number of methoxy groups -OCH3 is 1. The van der Waals surface area contributed by atoms with Gasteiger partial charge in [0.25, 0.3) is 11.8 Å². The molecule has 0 fully saturated rings. The molecule has 0 aliphatic rings. The molecule has 2 aromatic rings. The Morgan fingerprint density at radius 1 is 0.931 bits per heavy atom. The van der Waals surface area contributed by atoms with E-state index in [9.17, 15) is 24.3 Å². The second kappa shape index (κ2) is 9.33. The van der Waals surface area contributed by atoms with Crippen molar-refractivity contribution in [2.75, 3.05) is 18.2 Å². The number of aliphatic hydroxyl groups is 1. The van der Waals surface area contributed by atoms with Crippen LogP contribution < -0.4 is 16.4 Å². The third-order valence-corrected chi connectivity index (χ3v) is 3.89. The molecule has 29 heavy (non-hydrogen) atoms. The first-order chi connectivity index (χ1) is 13.7. The van der Waals surface area contributed by atoms with E-state index in [0.29, 0.717) is 16.9 Å². The molecular formula is C19H19N3O7. The standard InChI is InChI=1S/C19H19N3O7/c1-29-19(28)14(15(23)18(26)27)22-17(25)11-4-8-13(9-5-11)21-16(24)10-2-6-12(20)7-3-10/h2-9,14-15,23H,20H2,1H3,(H,21,24)(H,22,25)(H,26,27). The maximum absolute atomic E-state index is 12.3. The Kier molecular flexibility index (Phi) is 6.88. The topological polar surface area (TPSA) is 168 Å². The number of rotatable bonds is 7. The van der Waals surface area contributed by atoms with E-state index in [1.807, 2.05) is 0 Å². The first-order valence-corrected chi connectivity index (χ1v) is 8.29. The van der Waals surface area contributed by atoms with Gasteiger partial charge in [-0.2, -0.15) is 0 Å². The summed E-state index contributed by atoms with van der Waals surface area (Å²) in [6.07, 6.45) is -2.18. The van der Waals surface area contributed by atoms with Gasteiger partial charge in [-0.15, -0.1) is 0 Å². The number of carbonyl (C=O) groups is 4. The van der Waals surface area contributed by atoms with E-state index in [2.05, 4.69) is 15.4 Å². The molecule has 10 heteroatoms. The van der Waals surface area contributed by atoms with Gasteiger partial charge in [-0.05, 0) is 48.5 Å². The molecular weight excluding hydrogens is 382 g/mol. The highest BCUT2D eigenvalue weighted by molar-refractivity contribution is 6.05. The van der Waals surface area contributed by atoms with Crippen LogP contribution in [0, 0.1) is 0 Å². The average Bonchev–Trinajstić information content (AvgIpc) is 2.71. The highest BCUT2D eigenvalue weighted by atomic mass is 16.5. The third kappa shape index (κ3) is 5.53. The summed E-state index contributed by atoms with van der Waals surface area (Å²) in [5.74, 6) is -3.99. The number of amides is 2. The summed E-state index contributed by atoms with van der Waals surface area (Å²) in [5.41, 5.74) is 6.96. The maximum atomic E-state index is 12.3. The highest BCUT2D eigenvalue weighted by Crippen LogP contribution is 2.13. The monoisotopic (exact) mass is 401 g/mol. The molecule has 2 aromatic carbocycles. The fourth-order valence-corrected chi connectivity index (χ4v) is 2.30. The number of hydrogen-bond donors (Lipinski definition) is 5. The van der Waals surface area contributed by atoms with E-state index >= 15 is 0 Å². The Labute approximate surface area is 165 Å².